The van der Waals surface area contributed by atoms with Crippen LogP contribution in [0.5, 0.6) is 0 Å². The first kappa shape index (κ1) is 22.3. The van der Waals surface area contributed by atoms with E-state index >= 15 is 0 Å². The molecule has 0 spiro atoms. The topological polar surface area (TPSA) is 146 Å². The molecule has 2 aliphatic heterocycles. The van der Waals surface area contributed by atoms with Crippen molar-refractivity contribution in [1.29, 1.82) is 0 Å². The molecule has 0 aromatic carbocycles. The van der Waals surface area contributed by atoms with Crippen LogP contribution in [0.1, 0.15) is 51.9 Å². The van der Waals surface area contributed by atoms with Crippen LogP contribution in [-0.2, 0) is 14.4 Å². The molecule has 1 saturated heterocycles. The number of hydrogen-bond donors (Lipinski definition) is 5. The number of unbranched alkanes of at least 4 members (excludes halogenated alkanes) is 2. The number of nitrogens with zero attached hydrogens (tertiary/aromatic N) is 1. The molecule has 2 rings (SSSR count). The molecule has 0 aliphatic carbocycles. The van der Waals surface area contributed by atoms with Gasteiger partial charge in [-0.15, -0.1) is 0 Å². The fraction of sp³-hybridized carbons (Fsp3) is 0.778. The van der Waals surface area contributed by atoms with Crippen LogP contribution in [-0.4, -0.2) is 64.5 Å². The predicted molar refractivity (Wildman–Crippen MR) is 109 cm³/mol. The van der Waals surface area contributed by atoms with Crippen LogP contribution in [0.25, 0.3) is 0 Å². The molecule has 158 valence electrons. The van der Waals surface area contributed by atoms with E-state index in [4.69, 9.17) is 10.8 Å². The van der Waals surface area contributed by atoms with E-state index in [0.717, 1.165) is 25.0 Å². The summed E-state index contributed by atoms with van der Waals surface area (Å²) in [6.45, 7) is 1.82. The highest BCUT2D eigenvalue weighted by atomic mass is 32.2. The minimum absolute atomic E-state index is 0.0263. The van der Waals surface area contributed by atoms with E-state index in [1.165, 1.54) is 6.92 Å². The molecule has 0 aromatic heterocycles. The molecule has 2 heterocycles. The van der Waals surface area contributed by atoms with Gasteiger partial charge >= 0.3 is 5.97 Å². The van der Waals surface area contributed by atoms with Gasteiger partial charge < -0.3 is 26.8 Å². The number of amides is 2. The third kappa shape index (κ3) is 7.21. The highest BCUT2D eigenvalue weighted by Gasteiger charge is 2.40. The Labute approximate surface area is 169 Å². The molecule has 1 fully saturated rings. The monoisotopic (exact) mass is 413 g/mol. The number of guanidine groups is 1. The van der Waals surface area contributed by atoms with E-state index in [-0.39, 0.29) is 17.9 Å². The maximum absolute atomic E-state index is 11.9. The fourth-order valence-corrected chi connectivity index (χ4v) is 5.07. The summed E-state index contributed by atoms with van der Waals surface area (Å²) in [5.41, 5.74) is 5.73. The van der Waals surface area contributed by atoms with E-state index < -0.39 is 12.0 Å². The van der Waals surface area contributed by atoms with Gasteiger partial charge in [0.15, 0.2) is 5.96 Å². The zero-order valence-corrected chi connectivity index (χ0v) is 17.1. The van der Waals surface area contributed by atoms with Crippen LogP contribution in [0, 0.1) is 0 Å². The average molecular weight is 414 g/mol. The number of fused-ring (bicyclic) bond motifs is 1. The van der Waals surface area contributed by atoms with Crippen LogP contribution in [0.3, 0.4) is 0 Å². The second-order valence-electron chi connectivity index (χ2n) is 7.31. The van der Waals surface area contributed by atoms with Crippen LogP contribution >= 0.6 is 11.8 Å². The summed E-state index contributed by atoms with van der Waals surface area (Å²) in [6.07, 6.45) is 5.03. The van der Waals surface area contributed by atoms with Gasteiger partial charge in [0.25, 0.3) is 0 Å². The number of nitrogens with one attached hydrogen (secondary N) is 3. The van der Waals surface area contributed by atoms with Gasteiger partial charge in [-0.3, -0.25) is 9.59 Å². The molecule has 0 aromatic rings. The number of carbonyl (C=O) groups excluding carboxylic acids is 2. The van der Waals surface area contributed by atoms with Crippen molar-refractivity contribution < 1.29 is 19.5 Å². The van der Waals surface area contributed by atoms with Crippen molar-refractivity contribution in [2.75, 3.05) is 12.3 Å². The van der Waals surface area contributed by atoms with Gasteiger partial charge in [-0.25, -0.2) is 9.79 Å². The number of aliphatic carboxylic acids is 1. The molecule has 9 nitrogen and oxygen atoms in total. The first-order chi connectivity index (χ1) is 13.4. The van der Waals surface area contributed by atoms with E-state index in [0.29, 0.717) is 49.5 Å². The summed E-state index contributed by atoms with van der Waals surface area (Å²) in [7, 11) is 0. The average Bonchev–Trinajstić information content (AvgIpc) is 3.16. The van der Waals surface area contributed by atoms with Gasteiger partial charge in [-0.1, -0.05) is 6.42 Å². The van der Waals surface area contributed by atoms with E-state index in [1.807, 2.05) is 11.8 Å². The van der Waals surface area contributed by atoms with Gasteiger partial charge in [0.1, 0.15) is 6.04 Å². The maximum atomic E-state index is 11.9. The van der Waals surface area contributed by atoms with E-state index in [1.54, 1.807) is 0 Å². The van der Waals surface area contributed by atoms with Gasteiger partial charge in [-0.2, -0.15) is 11.8 Å². The first-order valence-corrected chi connectivity index (χ1v) is 10.9. The predicted octanol–water partition coefficient (Wildman–Crippen LogP) is 0.193. The van der Waals surface area contributed by atoms with Crippen molar-refractivity contribution >= 4 is 35.5 Å². The quantitative estimate of drug-likeness (QED) is 0.287. The van der Waals surface area contributed by atoms with E-state index in [9.17, 15) is 14.4 Å². The van der Waals surface area contributed by atoms with Crippen LogP contribution in [0.2, 0.25) is 0 Å². The Bertz CT molecular complexity index is 601. The summed E-state index contributed by atoms with van der Waals surface area (Å²) in [5.74, 6) is 0.217. The molecule has 6 N–H and O–H groups in total. The molecule has 2 amide bonds. The third-order valence-electron chi connectivity index (χ3n) is 4.96. The number of carboxylic acid groups (broad SMARTS) is 1. The van der Waals surface area contributed by atoms with Crippen molar-refractivity contribution in [2.24, 2.45) is 10.7 Å². The molecule has 0 bridgehead atoms. The summed E-state index contributed by atoms with van der Waals surface area (Å²) < 4.78 is 0. The lowest BCUT2D eigenvalue weighted by Gasteiger charge is -2.14. The number of aliphatic imine (C=N–C) groups is 1. The molecule has 0 radical (unpaired) electrons. The van der Waals surface area contributed by atoms with Gasteiger partial charge in [0.05, 0.1) is 12.1 Å². The third-order valence-corrected chi connectivity index (χ3v) is 6.46. The molecular formula is C18H31N5O4S. The summed E-state index contributed by atoms with van der Waals surface area (Å²) >= 11 is 1.93. The fourth-order valence-electron chi connectivity index (χ4n) is 3.55. The number of rotatable bonds is 12. The van der Waals surface area contributed by atoms with Gasteiger partial charge in [0.2, 0.25) is 11.8 Å². The zero-order valence-electron chi connectivity index (χ0n) is 16.3. The lowest BCUT2D eigenvalue weighted by atomic mass is 10.0. The second kappa shape index (κ2) is 11.1. The normalized spacial score (nSPS) is 24.0. The lowest BCUT2D eigenvalue weighted by Crippen LogP contribution is -2.39. The largest absolute Gasteiger partial charge is 0.480 e. The van der Waals surface area contributed by atoms with Crippen molar-refractivity contribution in [3.05, 3.63) is 0 Å². The van der Waals surface area contributed by atoms with E-state index in [2.05, 4.69) is 20.9 Å². The molecule has 4 atom stereocenters. The first-order valence-electron chi connectivity index (χ1n) is 9.85. The molecule has 4 unspecified atom stereocenters. The highest BCUT2D eigenvalue weighted by molar-refractivity contribution is 8.00. The molecular weight excluding hydrogens is 382 g/mol. The Kier molecular flexibility index (Phi) is 8.88. The van der Waals surface area contributed by atoms with Crippen molar-refractivity contribution in [3.63, 3.8) is 0 Å². The number of carbonyl (C=O) groups is 3. The number of carboxylic acids is 1. The number of hydrogen-bond acceptors (Lipinski definition) is 7. The molecule has 28 heavy (non-hydrogen) atoms. The van der Waals surface area contributed by atoms with Crippen LogP contribution < -0.4 is 21.7 Å². The Morgan fingerprint density at radius 2 is 2.11 bits per heavy atom. The number of thioether (sulfide) groups is 1. The second-order valence-corrected chi connectivity index (χ2v) is 8.58. The van der Waals surface area contributed by atoms with Crippen molar-refractivity contribution in [3.8, 4) is 0 Å². The molecule has 0 saturated carbocycles. The highest BCUT2D eigenvalue weighted by Crippen LogP contribution is 2.35. The van der Waals surface area contributed by atoms with Crippen LogP contribution in [0.4, 0.5) is 0 Å². The minimum Gasteiger partial charge on any atom is -0.480 e. The number of nitrogens with two attached hydrogens (primary N) is 1. The Hall–Kier alpha value is -1.97. The summed E-state index contributed by atoms with van der Waals surface area (Å²) in [4.78, 5) is 38.4. The maximum Gasteiger partial charge on any atom is 0.326 e. The smallest absolute Gasteiger partial charge is 0.326 e. The minimum atomic E-state index is -1.03. The summed E-state index contributed by atoms with van der Waals surface area (Å²) in [6, 6.07) is -0.230. The van der Waals surface area contributed by atoms with Crippen molar-refractivity contribution in [1.82, 2.24) is 16.0 Å². The Balaban J connectivity index is 1.49. The Morgan fingerprint density at radius 1 is 1.32 bits per heavy atom. The Morgan fingerprint density at radius 3 is 2.82 bits per heavy atom. The molecule has 10 heteroatoms. The SMILES string of the molecule is CC(=O)NC(CCCCNC(=O)CCCCC1SCC2NC(N)=NC21)C(=O)O. The standard InChI is InChI=1S/C18H31N5O4S/c1-11(24)21-12(17(26)27)6-4-5-9-20-15(25)8-3-2-7-14-16-13(10-28-14)22-18(19)23-16/h12-14,16H,2-10H2,1H3,(H,20,25)(H,21,24)(H,26,27)(H3,19,22,23). The van der Waals surface area contributed by atoms with Crippen molar-refractivity contribution in [2.45, 2.75) is 75.2 Å². The van der Waals surface area contributed by atoms with Gasteiger partial charge in [-0.05, 0) is 32.1 Å². The summed E-state index contributed by atoms with van der Waals surface area (Å²) in [5, 5.41) is 18.0. The molecule has 2 aliphatic rings. The van der Waals surface area contributed by atoms with Crippen LogP contribution in [0.15, 0.2) is 4.99 Å². The lowest BCUT2D eigenvalue weighted by molar-refractivity contribution is -0.141. The van der Waals surface area contributed by atoms with Gasteiger partial charge in [0, 0.05) is 30.9 Å². The zero-order chi connectivity index (χ0) is 20.5.